The van der Waals surface area contributed by atoms with E-state index in [0.29, 0.717) is 18.1 Å². The van der Waals surface area contributed by atoms with Crippen molar-refractivity contribution >= 4 is 17.7 Å². The highest BCUT2D eigenvalue weighted by molar-refractivity contribution is 6.30. The number of nitrogens with zero attached hydrogens (tertiary/aromatic N) is 1. The maximum Gasteiger partial charge on any atom is 0.407 e. The van der Waals surface area contributed by atoms with Crippen molar-refractivity contribution in [3.63, 3.8) is 0 Å². The van der Waals surface area contributed by atoms with Crippen molar-refractivity contribution in [2.24, 2.45) is 11.7 Å². The SMILES string of the molecule is NC(Cc1cccc(Cl)c1)C1CCCN(C(=O)O)C1. The van der Waals surface area contributed by atoms with Crippen molar-refractivity contribution in [2.75, 3.05) is 13.1 Å². The van der Waals surface area contributed by atoms with Crippen LogP contribution in [-0.4, -0.2) is 35.2 Å². The van der Waals surface area contributed by atoms with Crippen molar-refractivity contribution in [2.45, 2.75) is 25.3 Å². The maximum atomic E-state index is 11.0. The van der Waals surface area contributed by atoms with Gasteiger partial charge in [-0.1, -0.05) is 23.7 Å². The van der Waals surface area contributed by atoms with Crippen LogP contribution in [0.5, 0.6) is 0 Å². The monoisotopic (exact) mass is 282 g/mol. The zero-order valence-electron chi connectivity index (χ0n) is 10.8. The predicted molar refractivity (Wildman–Crippen MR) is 75.5 cm³/mol. The van der Waals surface area contributed by atoms with Crippen LogP contribution in [0.3, 0.4) is 0 Å². The summed E-state index contributed by atoms with van der Waals surface area (Å²) in [5, 5.41) is 9.74. The smallest absolute Gasteiger partial charge is 0.407 e. The first-order chi connectivity index (χ1) is 9.06. The lowest BCUT2D eigenvalue weighted by Crippen LogP contribution is -2.46. The first kappa shape index (κ1) is 14.2. The molecular weight excluding hydrogens is 264 g/mol. The van der Waals surface area contributed by atoms with Gasteiger partial charge in [0, 0.05) is 24.2 Å². The Morgan fingerprint density at radius 3 is 3.05 bits per heavy atom. The molecule has 5 heteroatoms. The van der Waals surface area contributed by atoms with Crippen molar-refractivity contribution in [3.05, 3.63) is 34.9 Å². The second kappa shape index (κ2) is 6.26. The summed E-state index contributed by atoms with van der Waals surface area (Å²) in [5.74, 6) is 0.226. The Kier molecular flexibility index (Phi) is 4.66. The minimum Gasteiger partial charge on any atom is -0.465 e. The number of rotatable bonds is 3. The largest absolute Gasteiger partial charge is 0.465 e. The molecule has 2 rings (SSSR count). The first-order valence-electron chi connectivity index (χ1n) is 6.54. The summed E-state index contributed by atoms with van der Waals surface area (Å²) in [6.07, 6.45) is 1.77. The molecule has 0 bridgehead atoms. The molecular formula is C14H19ClN2O2. The van der Waals surface area contributed by atoms with Gasteiger partial charge in [0.15, 0.2) is 0 Å². The zero-order chi connectivity index (χ0) is 13.8. The van der Waals surface area contributed by atoms with Crippen LogP contribution in [0.15, 0.2) is 24.3 Å². The molecule has 1 aliphatic heterocycles. The number of benzene rings is 1. The Labute approximate surface area is 118 Å². The van der Waals surface area contributed by atoms with Crippen molar-refractivity contribution < 1.29 is 9.90 Å². The molecule has 19 heavy (non-hydrogen) atoms. The average Bonchev–Trinajstić information content (AvgIpc) is 2.39. The maximum absolute atomic E-state index is 11.0. The molecule has 0 radical (unpaired) electrons. The molecule has 1 heterocycles. The Hall–Kier alpha value is -1.26. The highest BCUT2D eigenvalue weighted by atomic mass is 35.5. The highest BCUT2D eigenvalue weighted by Gasteiger charge is 2.27. The number of carbonyl (C=O) groups is 1. The van der Waals surface area contributed by atoms with E-state index < -0.39 is 6.09 Å². The second-order valence-electron chi connectivity index (χ2n) is 5.13. The van der Waals surface area contributed by atoms with E-state index in [9.17, 15) is 4.79 Å². The Morgan fingerprint density at radius 1 is 1.58 bits per heavy atom. The number of hydrogen-bond acceptors (Lipinski definition) is 2. The molecule has 3 N–H and O–H groups in total. The highest BCUT2D eigenvalue weighted by Crippen LogP contribution is 2.22. The number of hydrogen-bond donors (Lipinski definition) is 2. The van der Waals surface area contributed by atoms with Gasteiger partial charge in [-0.25, -0.2) is 4.79 Å². The summed E-state index contributed by atoms with van der Waals surface area (Å²) in [6, 6.07) is 7.64. The Bertz CT molecular complexity index is 453. The first-order valence-corrected chi connectivity index (χ1v) is 6.92. The van der Waals surface area contributed by atoms with Crippen molar-refractivity contribution in [1.82, 2.24) is 4.90 Å². The number of halogens is 1. The second-order valence-corrected chi connectivity index (χ2v) is 5.57. The molecule has 0 saturated carbocycles. The van der Waals surface area contributed by atoms with E-state index in [2.05, 4.69) is 0 Å². The third-order valence-electron chi connectivity index (χ3n) is 3.69. The fourth-order valence-electron chi connectivity index (χ4n) is 2.64. The molecule has 1 saturated heterocycles. The van der Waals surface area contributed by atoms with Crippen LogP contribution < -0.4 is 5.73 Å². The fraction of sp³-hybridized carbons (Fsp3) is 0.500. The summed E-state index contributed by atoms with van der Waals surface area (Å²) >= 11 is 5.95. The summed E-state index contributed by atoms with van der Waals surface area (Å²) in [5.41, 5.74) is 7.33. The van der Waals surface area contributed by atoms with Gasteiger partial charge in [-0.15, -0.1) is 0 Å². The number of piperidine rings is 1. The third-order valence-corrected chi connectivity index (χ3v) is 3.93. The van der Waals surface area contributed by atoms with E-state index in [1.54, 1.807) is 0 Å². The lowest BCUT2D eigenvalue weighted by atomic mass is 9.88. The minimum absolute atomic E-state index is 0.0272. The standard InChI is InChI=1S/C14H19ClN2O2/c15-12-5-1-3-10(7-12)8-13(16)11-4-2-6-17(9-11)14(18)19/h1,3,5,7,11,13H,2,4,6,8-9,16H2,(H,18,19). The summed E-state index contributed by atoms with van der Waals surface area (Å²) in [7, 11) is 0. The average molecular weight is 283 g/mol. The topological polar surface area (TPSA) is 66.6 Å². The van der Waals surface area contributed by atoms with Crippen molar-refractivity contribution in [3.8, 4) is 0 Å². The Balaban J connectivity index is 1.95. The number of nitrogens with two attached hydrogens (primary N) is 1. The molecule has 1 aliphatic rings. The fourth-order valence-corrected chi connectivity index (χ4v) is 2.85. The molecule has 2 atom stereocenters. The minimum atomic E-state index is -0.848. The van der Waals surface area contributed by atoms with Gasteiger partial charge in [-0.05, 0) is 42.9 Å². The van der Waals surface area contributed by atoms with Gasteiger partial charge >= 0.3 is 6.09 Å². The van der Waals surface area contributed by atoms with E-state index in [-0.39, 0.29) is 12.0 Å². The Morgan fingerprint density at radius 2 is 2.37 bits per heavy atom. The van der Waals surface area contributed by atoms with Crippen LogP contribution in [0.25, 0.3) is 0 Å². The molecule has 4 nitrogen and oxygen atoms in total. The van der Waals surface area contributed by atoms with Crippen LogP contribution in [0.2, 0.25) is 5.02 Å². The van der Waals surface area contributed by atoms with Gasteiger partial charge in [0.1, 0.15) is 0 Å². The van der Waals surface area contributed by atoms with Gasteiger partial charge in [0.25, 0.3) is 0 Å². The van der Waals surface area contributed by atoms with Crippen LogP contribution >= 0.6 is 11.6 Å². The zero-order valence-corrected chi connectivity index (χ0v) is 11.5. The van der Waals surface area contributed by atoms with Crippen LogP contribution in [-0.2, 0) is 6.42 Å². The molecule has 0 aromatic heterocycles. The van der Waals surface area contributed by atoms with Gasteiger partial charge in [-0.2, -0.15) is 0 Å². The molecule has 0 spiro atoms. The van der Waals surface area contributed by atoms with Gasteiger partial charge in [-0.3, -0.25) is 0 Å². The van der Waals surface area contributed by atoms with E-state index in [1.165, 1.54) is 4.90 Å². The number of likely N-dealkylation sites (tertiary alicyclic amines) is 1. The van der Waals surface area contributed by atoms with Gasteiger partial charge in [0.2, 0.25) is 0 Å². The lowest BCUT2D eigenvalue weighted by Gasteiger charge is -2.34. The normalized spacial score (nSPS) is 21.2. The molecule has 104 valence electrons. The molecule has 1 amide bonds. The summed E-state index contributed by atoms with van der Waals surface area (Å²) in [6.45, 7) is 1.16. The molecule has 0 aliphatic carbocycles. The summed E-state index contributed by atoms with van der Waals surface area (Å²) in [4.78, 5) is 12.5. The molecule has 1 aromatic rings. The van der Waals surface area contributed by atoms with Gasteiger partial charge < -0.3 is 15.7 Å². The van der Waals surface area contributed by atoms with E-state index in [0.717, 1.165) is 24.8 Å². The van der Waals surface area contributed by atoms with Crippen LogP contribution in [0.4, 0.5) is 4.79 Å². The van der Waals surface area contributed by atoms with Crippen LogP contribution in [0.1, 0.15) is 18.4 Å². The lowest BCUT2D eigenvalue weighted by molar-refractivity contribution is 0.114. The predicted octanol–water partition coefficient (Wildman–Crippen LogP) is 2.60. The molecule has 1 aromatic carbocycles. The van der Waals surface area contributed by atoms with Crippen LogP contribution in [0, 0.1) is 5.92 Å². The molecule has 1 fully saturated rings. The summed E-state index contributed by atoms with van der Waals surface area (Å²) < 4.78 is 0. The van der Waals surface area contributed by atoms with E-state index in [1.807, 2.05) is 24.3 Å². The quantitative estimate of drug-likeness (QED) is 0.895. The third kappa shape index (κ3) is 3.85. The number of carboxylic acid groups (broad SMARTS) is 1. The van der Waals surface area contributed by atoms with Crippen molar-refractivity contribution in [1.29, 1.82) is 0 Å². The van der Waals surface area contributed by atoms with Gasteiger partial charge in [0.05, 0.1) is 0 Å². The van der Waals surface area contributed by atoms with E-state index in [4.69, 9.17) is 22.4 Å². The number of amides is 1. The molecule has 2 unspecified atom stereocenters. The van der Waals surface area contributed by atoms with E-state index >= 15 is 0 Å².